The number of hydrogen-bond donors (Lipinski definition) is 1. The number of fused-ring (bicyclic) bond motifs is 3. The molecule has 0 saturated carbocycles. The number of esters is 1. The highest BCUT2D eigenvalue weighted by Crippen LogP contribution is 2.29. The molecule has 0 bridgehead atoms. The molecular formula is C18H16N6O5. The monoisotopic (exact) mass is 396 g/mol. The number of nitro benzene ring substituents is 1. The van der Waals surface area contributed by atoms with Crippen LogP contribution >= 0.6 is 0 Å². The van der Waals surface area contributed by atoms with Gasteiger partial charge in [0.15, 0.2) is 5.69 Å². The summed E-state index contributed by atoms with van der Waals surface area (Å²) in [5.74, 6) is -0.0866. The highest BCUT2D eigenvalue weighted by Gasteiger charge is 2.24. The molecule has 4 rings (SSSR count). The molecule has 148 valence electrons. The SMILES string of the molecule is CCOC(=O)c1nc2c(=O)[nH]c3cc([N+](=O)[O-])c(-n4ccnc4C)cc3n2c1C. The van der Waals surface area contributed by atoms with Gasteiger partial charge in [0.1, 0.15) is 11.5 Å². The van der Waals surface area contributed by atoms with Crippen molar-refractivity contribution in [2.24, 2.45) is 0 Å². The second-order valence-electron chi connectivity index (χ2n) is 6.34. The molecule has 1 aromatic carbocycles. The molecule has 0 fully saturated rings. The lowest BCUT2D eigenvalue weighted by Gasteiger charge is -2.10. The van der Waals surface area contributed by atoms with Gasteiger partial charge in [0.2, 0.25) is 5.65 Å². The molecule has 0 amide bonds. The van der Waals surface area contributed by atoms with Crippen LogP contribution in [0.3, 0.4) is 0 Å². The first-order valence-corrected chi connectivity index (χ1v) is 8.74. The van der Waals surface area contributed by atoms with E-state index in [0.29, 0.717) is 17.0 Å². The molecule has 29 heavy (non-hydrogen) atoms. The number of hydrogen-bond acceptors (Lipinski definition) is 7. The second kappa shape index (κ2) is 6.55. The van der Waals surface area contributed by atoms with E-state index in [4.69, 9.17) is 4.74 Å². The smallest absolute Gasteiger partial charge is 0.358 e. The first kappa shape index (κ1) is 18.3. The molecular weight excluding hydrogens is 380 g/mol. The zero-order valence-electron chi connectivity index (χ0n) is 15.8. The van der Waals surface area contributed by atoms with Crippen LogP contribution in [0, 0.1) is 24.0 Å². The first-order chi connectivity index (χ1) is 13.8. The van der Waals surface area contributed by atoms with E-state index in [0.717, 1.165) is 0 Å². The van der Waals surface area contributed by atoms with Crippen molar-refractivity contribution in [2.45, 2.75) is 20.8 Å². The van der Waals surface area contributed by atoms with Gasteiger partial charge in [-0.15, -0.1) is 0 Å². The average molecular weight is 396 g/mol. The van der Waals surface area contributed by atoms with Gasteiger partial charge in [0, 0.05) is 18.5 Å². The fourth-order valence-electron chi connectivity index (χ4n) is 3.34. The number of imidazole rings is 2. The molecule has 0 atom stereocenters. The Morgan fingerprint density at radius 3 is 2.72 bits per heavy atom. The van der Waals surface area contributed by atoms with Crippen LogP contribution in [0.2, 0.25) is 0 Å². The van der Waals surface area contributed by atoms with Crippen LogP contribution < -0.4 is 5.56 Å². The summed E-state index contributed by atoms with van der Waals surface area (Å²) in [6.07, 6.45) is 3.14. The summed E-state index contributed by atoms with van der Waals surface area (Å²) in [5.41, 5.74) is 0.617. The number of rotatable bonds is 4. The maximum atomic E-state index is 12.5. The molecule has 0 radical (unpaired) electrons. The van der Waals surface area contributed by atoms with Gasteiger partial charge in [-0.05, 0) is 26.8 Å². The second-order valence-corrected chi connectivity index (χ2v) is 6.34. The van der Waals surface area contributed by atoms with Crippen LogP contribution in [0.5, 0.6) is 0 Å². The maximum Gasteiger partial charge on any atom is 0.358 e. The number of carbonyl (C=O) groups is 1. The number of carbonyl (C=O) groups excluding carboxylic acids is 1. The maximum absolute atomic E-state index is 12.5. The lowest BCUT2D eigenvalue weighted by atomic mass is 10.2. The number of nitro groups is 1. The molecule has 1 N–H and O–H groups in total. The van der Waals surface area contributed by atoms with E-state index in [1.165, 1.54) is 16.7 Å². The number of aryl methyl sites for hydroxylation is 2. The van der Waals surface area contributed by atoms with E-state index in [9.17, 15) is 19.7 Å². The van der Waals surface area contributed by atoms with Crippen molar-refractivity contribution in [3.63, 3.8) is 0 Å². The Morgan fingerprint density at radius 1 is 1.34 bits per heavy atom. The molecule has 0 unspecified atom stereocenters. The lowest BCUT2D eigenvalue weighted by Crippen LogP contribution is -2.12. The van der Waals surface area contributed by atoms with Gasteiger partial charge in [0.25, 0.3) is 11.2 Å². The summed E-state index contributed by atoms with van der Waals surface area (Å²) >= 11 is 0. The van der Waals surface area contributed by atoms with E-state index < -0.39 is 16.5 Å². The Morgan fingerprint density at radius 2 is 2.10 bits per heavy atom. The summed E-state index contributed by atoms with van der Waals surface area (Å²) in [7, 11) is 0. The molecule has 11 nitrogen and oxygen atoms in total. The van der Waals surface area contributed by atoms with Crippen LogP contribution in [-0.4, -0.2) is 41.4 Å². The van der Waals surface area contributed by atoms with Crippen LogP contribution in [0.1, 0.15) is 28.9 Å². The minimum Gasteiger partial charge on any atom is -0.461 e. The molecule has 3 heterocycles. The Bertz CT molecular complexity index is 1360. The molecule has 4 aromatic rings. The number of H-pyrrole nitrogens is 1. The zero-order chi connectivity index (χ0) is 20.9. The van der Waals surface area contributed by atoms with Gasteiger partial charge < -0.3 is 9.72 Å². The van der Waals surface area contributed by atoms with Gasteiger partial charge in [-0.25, -0.2) is 14.8 Å². The molecule has 11 heteroatoms. The van der Waals surface area contributed by atoms with E-state index >= 15 is 0 Å². The van der Waals surface area contributed by atoms with Gasteiger partial charge >= 0.3 is 5.97 Å². The first-order valence-electron chi connectivity index (χ1n) is 8.74. The number of ether oxygens (including phenoxy) is 1. The third-order valence-corrected chi connectivity index (χ3v) is 4.64. The van der Waals surface area contributed by atoms with Crippen molar-refractivity contribution in [1.29, 1.82) is 0 Å². The van der Waals surface area contributed by atoms with E-state index in [1.807, 2.05) is 0 Å². The predicted molar refractivity (Wildman–Crippen MR) is 103 cm³/mol. The minimum atomic E-state index is -0.645. The van der Waals surface area contributed by atoms with Gasteiger partial charge in [0.05, 0.1) is 28.3 Å². The number of aromatic nitrogens is 5. The van der Waals surface area contributed by atoms with Crippen LogP contribution in [-0.2, 0) is 4.74 Å². The van der Waals surface area contributed by atoms with Crippen molar-refractivity contribution in [3.05, 3.63) is 62.2 Å². The third-order valence-electron chi connectivity index (χ3n) is 4.64. The van der Waals surface area contributed by atoms with Gasteiger partial charge in [-0.2, -0.15) is 0 Å². The summed E-state index contributed by atoms with van der Waals surface area (Å²) in [4.78, 5) is 46.7. The highest BCUT2D eigenvalue weighted by atomic mass is 16.6. The fraction of sp³-hybridized carbons (Fsp3) is 0.222. The third kappa shape index (κ3) is 2.74. The van der Waals surface area contributed by atoms with E-state index in [-0.39, 0.29) is 34.8 Å². The van der Waals surface area contributed by atoms with Gasteiger partial charge in [-0.1, -0.05) is 0 Å². The minimum absolute atomic E-state index is 0.000194. The van der Waals surface area contributed by atoms with Gasteiger partial charge in [-0.3, -0.25) is 23.9 Å². The molecule has 0 aliphatic heterocycles. The molecule has 0 aliphatic carbocycles. The van der Waals surface area contributed by atoms with Crippen molar-refractivity contribution < 1.29 is 14.5 Å². The van der Waals surface area contributed by atoms with E-state index in [2.05, 4.69) is 15.0 Å². The Labute approximate surface area is 162 Å². The van der Waals surface area contributed by atoms with Crippen molar-refractivity contribution >= 4 is 28.3 Å². The summed E-state index contributed by atoms with van der Waals surface area (Å²) in [6.45, 7) is 5.19. The largest absolute Gasteiger partial charge is 0.461 e. The Kier molecular flexibility index (Phi) is 4.14. The Balaban J connectivity index is 2.13. The summed E-state index contributed by atoms with van der Waals surface area (Å²) < 4.78 is 8.09. The lowest BCUT2D eigenvalue weighted by molar-refractivity contribution is -0.384. The fourth-order valence-corrected chi connectivity index (χ4v) is 3.34. The quantitative estimate of drug-likeness (QED) is 0.316. The molecule has 0 saturated heterocycles. The molecule has 0 aliphatic rings. The van der Waals surface area contributed by atoms with Crippen LogP contribution in [0.4, 0.5) is 5.69 Å². The van der Waals surface area contributed by atoms with Crippen molar-refractivity contribution in [2.75, 3.05) is 6.61 Å². The van der Waals surface area contributed by atoms with Crippen LogP contribution in [0.15, 0.2) is 29.3 Å². The topological polar surface area (TPSA) is 137 Å². The number of aromatic amines is 1. The summed E-state index contributed by atoms with van der Waals surface area (Å²) in [5, 5.41) is 11.7. The molecule has 3 aromatic heterocycles. The number of nitrogens with zero attached hydrogens (tertiary/aromatic N) is 5. The zero-order valence-corrected chi connectivity index (χ0v) is 15.8. The number of benzene rings is 1. The van der Waals surface area contributed by atoms with Crippen LogP contribution in [0.25, 0.3) is 22.4 Å². The predicted octanol–water partition coefficient (Wildman–Crippen LogP) is 2.06. The van der Waals surface area contributed by atoms with Crippen molar-refractivity contribution in [1.82, 2.24) is 23.9 Å². The normalized spacial score (nSPS) is 11.3. The Hall–Kier alpha value is -4.02. The molecule has 0 spiro atoms. The highest BCUT2D eigenvalue weighted by molar-refractivity contribution is 5.91. The van der Waals surface area contributed by atoms with Crippen molar-refractivity contribution in [3.8, 4) is 5.69 Å². The standard InChI is InChI=1S/C18H16N6O5/c1-4-29-18(26)15-9(2)23-12-8-13(22-6-5-19-10(22)3)14(24(27)28)7-11(12)20-17(25)16(23)21-15/h5-8H,4H2,1-3H3,(H,20,25). The number of nitrogens with one attached hydrogen (secondary N) is 1. The average Bonchev–Trinajstić information content (AvgIpc) is 3.25. The summed E-state index contributed by atoms with van der Waals surface area (Å²) in [6, 6.07) is 2.85. The van der Waals surface area contributed by atoms with E-state index in [1.54, 1.807) is 37.6 Å².